The Bertz CT molecular complexity index is 932. The van der Waals surface area contributed by atoms with Gasteiger partial charge in [0.1, 0.15) is 30.6 Å². The lowest BCUT2D eigenvalue weighted by atomic mass is 10.1. The molecular formula is C21H24FNO5S. The first kappa shape index (κ1) is 21.4. The minimum absolute atomic E-state index is 0.00217. The number of benzene rings is 2. The van der Waals surface area contributed by atoms with Crippen LogP contribution in [0.4, 0.5) is 4.39 Å². The summed E-state index contributed by atoms with van der Waals surface area (Å²) in [5.74, 6) is 0.252. The number of halogens is 1. The number of hydrogen-bond acceptors (Lipinski definition) is 6. The first-order valence-corrected chi connectivity index (χ1v) is 11.2. The number of aliphatic hydroxyl groups excluding tert-OH is 1. The smallest absolute Gasteiger partial charge is 0.151 e. The zero-order valence-electron chi connectivity index (χ0n) is 15.9. The second-order valence-corrected chi connectivity index (χ2v) is 9.46. The second-order valence-electron chi connectivity index (χ2n) is 7.23. The zero-order chi connectivity index (χ0) is 20.9. The maximum Gasteiger partial charge on any atom is 0.151 e. The summed E-state index contributed by atoms with van der Waals surface area (Å²) < 4.78 is 43.5. The van der Waals surface area contributed by atoms with Crippen molar-refractivity contribution in [1.29, 1.82) is 0 Å². The molecule has 0 spiro atoms. The number of carbonyl (C=O) groups is 1. The summed E-state index contributed by atoms with van der Waals surface area (Å²) in [5, 5.41) is 10.5. The minimum atomic E-state index is -3.12. The van der Waals surface area contributed by atoms with Gasteiger partial charge in [0.05, 0.1) is 11.5 Å². The summed E-state index contributed by atoms with van der Waals surface area (Å²) in [5.41, 5.74) is 0.978. The molecule has 1 N–H and O–H groups in total. The van der Waals surface area contributed by atoms with E-state index in [9.17, 15) is 22.7 Å². The predicted octanol–water partition coefficient (Wildman–Crippen LogP) is 2.07. The van der Waals surface area contributed by atoms with E-state index >= 15 is 0 Å². The van der Waals surface area contributed by atoms with Gasteiger partial charge in [-0.25, -0.2) is 12.8 Å². The summed E-state index contributed by atoms with van der Waals surface area (Å²) in [4.78, 5) is 12.5. The molecule has 6 nitrogen and oxygen atoms in total. The van der Waals surface area contributed by atoms with Crippen LogP contribution in [0.2, 0.25) is 0 Å². The topological polar surface area (TPSA) is 83.9 Å². The Kier molecular flexibility index (Phi) is 7.00. The van der Waals surface area contributed by atoms with E-state index in [1.807, 2.05) is 4.90 Å². The van der Waals surface area contributed by atoms with E-state index < -0.39 is 15.9 Å². The Morgan fingerprint density at radius 3 is 2.55 bits per heavy atom. The molecule has 2 aromatic rings. The Morgan fingerprint density at radius 1 is 1.21 bits per heavy atom. The number of aldehydes is 1. The molecule has 29 heavy (non-hydrogen) atoms. The highest BCUT2D eigenvalue weighted by Gasteiger charge is 2.33. The van der Waals surface area contributed by atoms with Gasteiger partial charge < -0.3 is 9.84 Å². The number of hydrogen-bond donors (Lipinski definition) is 1. The summed E-state index contributed by atoms with van der Waals surface area (Å²) in [6.45, 7) is 0.354. The molecule has 2 unspecified atom stereocenters. The van der Waals surface area contributed by atoms with Gasteiger partial charge in [-0.15, -0.1) is 0 Å². The fraction of sp³-hybridized carbons (Fsp3) is 0.381. The van der Waals surface area contributed by atoms with Crippen molar-refractivity contribution in [3.05, 3.63) is 65.5 Å². The summed E-state index contributed by atoms with van der Waals surface area (Å²) >= 11 is 0. The number of nitrogens with zero attached hydrogens (tertiary/aromatic N) is 1. The van der Waals surface area contributed by atoms with Crippen LogP contribution in [0, 0.1) is 5.82 Å². The predicted molar refractivity (Wildman–Crippen MR) is 107 cm³/mol. The Labute approximate surface area is 169 Å². The SMILES string of the molecule is O=Cc1ccc(OCC(O)CN(Cc2ccccc2F)C2CCS(=O)(=O)C2)cc1. The highest BCUT2D eigenvalue weighted by atomic mass is 32.2. The first-order chi connectivity index (χ1) is 13.9. The van der Waals surface area contributed by atoms with E-state index in [-0.39, 0.29) is 43.1 Å². The third-order valence-electron chi connectivity index (χ3n) is 4.96. The quantitative estimate of drug-likeness (QED) is 0.624. The van der Waals surface area contributed by atoms with Crippen molar-refractivity contribution in [2.75, 3.05) is 24.7 Å². The van der Waals surface area contributed by atoms with Crippen LogP contribution in [-0.2, 0) is 16.4 Å². The van der Waals surface area contributed by atoms with E-state index in [4.69, 9.17) is 4.74 Å². The molecule has 0 bridgehead atoms. The second kappa shape index (κ2) is 9.47. The summed E-state index contributed by atoms with van der Waals surface area (Å²) in [6.07, 6.45) is 0.294. The molecule has 1 aliphatic heterocycles. The molecule has 1 heterocycles. The lowest BCUT2D eigenvalue weighted by molar-refractivity contribution is 0.0520. The normalized spacial score (nSPS) is 19.2. The number of carbonyl (C=O) groups excluding carboxylic acids is 1. The van der Waals surface area contributed by atoms with Gasteiger partial charge in [0.15, 0.2) is 9.84 Å². The van der Waals surface area contributed by atoms with Crippen LogP contribution in [-0.4, -0.2) is 61.5 Å². The maximum absolute atomic E-state index is 14.1. The van der Waals surface area contributed by atoms with Crippen molar-refractivity contribution in [3.63, 3.8) is 0 Å². The van der Waals surface area contributed by atoms with Crippen LogP contribution >= 0.6 is 0 Å². The van der Waals surface area contributed by atoms with Crippen LogP contribution in [0.5, 0.6) is 5.75 Å². The van der Waals surface area contributed by atoms with Crippen LogP contribution in [0.15, 0.2) is 48.5 Å². The number of rotatable bonds is 9. The van der Waals surface area contributed by atoms with Gasteiger partial charge in [-0.3, -0.25) is 9.69 Å². The largest absolute Gasteiger partial charge is 0.491 e. The van der Waals surface area contributed by atoms with Gasteiger partial charge in [-0.05, 0) is 36.8 Å². The van der Waals surface area contributed by atoms with Crippen LogP contribution < -0.4 is 4.74 Å². The molecule has 3 rings (SSSR count). The minimum Gasteiger partial charge on any atom is -0.491 e. The summed E-state index contributed by atoms with van der Waals surface area (Å²) in [6, 6.07) is 12.6. The van der Waals surface area contributed by atoms with E-state index in [0.29, 0.717) is 23.3 Å². The average molecular weight is 421 g/mol. The van der Waals surface area contributed by atoms with Crippen molar-refractivity contribution < 1.29 is 27.4 Å². The Morgan fingerprint density at radius 2 is 1.93 bits per heavy atom. The van der Waals surface area contributed by atoms with Crippen molar-refractivity contribution in [2.24, 2.45) is 0 Å². The number of aliphatic hydroxyl groups is 1. The molecule has 0 radical (unpaired) electrons. The van der Waals surface area contributed by atoms with Gasteiger partial charge in [-0.2, -0.15) is 0 Å². The van der Waals surface area contributed by atoms with Crippen molar-refractivity contribution in [2.45, 2.75) is 25.1 Å². The first-order valence-electron chi connectivity index (χ1n) is 9.40. The van der Waals surface area contributed by atoms with E-state index in [1.165, 1.54) is 6.07 Å². The molecule has 1 aliphatic rings. The number of sulfone groups is 1. The lowest BCUT2D eigenvalue weighted by Gasteiger charge is -2.30. The molecule has 2 aromatic carbocycles. The highest BCUT2D eigenvalue weighted by molar-refractivity contribution is 7.91. The van der Waals surface area contributed by atoms with Crippen LogP contribution in [0.1, 0.15) is 22.3 Å². The molecule has 2 atom stereocenters. The maximum atomic E-state index is 14.1. The molecule has 0 saturated carbocycles. The number of ether oxygens (including phenoxy) is 1. The van der Waals surface area contributed by atoms with Gasteiger partial charge in [-0.1, -0.05) is 18.2 Å². The van der Waals surface area contributed by atoms with Gasteiger partial charge in [0.2, 0.25) is 0 Å². The van der Waals surface area contributed by atoms with Crippen molar-refractivity contribution in [1.82, 2.24) is 4.90 Å². The van der Waals surface area contributed by atoms with Crippen molar-refractivity contribution in [3.8, 4) is 5.75 Å². The standard InChI is InChI=1S/C21H24FNO5S/c22-21-4-2-1-3-17(21)11-23(18-9-10-29(26,27)15-18)12-19(25)14-28-20-7-5-16(13-24)6-8-20/h1-8,13,18-19,25H,9-12,14-15H2. The molecule has 8 heteroatoms. The monoisotopic (exact) mass is 421 g/mol. The molecule has 0 aromatic heterocycles. The third-order valence-corrected chi connectivity index (χ3v) is 6.71. The van der Waals surface area contributed by atoms with Gasteiger partial charge in [0.25, 0.3) is 0 Å². The van der Waals surface area contributed by atoms with Crippen LogP contribution in [0.25, 0.3) is 0 Å². The van der Waals surface area contributed by atoms with Gasteiger partial charge in [0, 0.05) is 30.3 Å². The fourth-order valence-electron chi connectivity index (χ4n) is 3.41. The summed E-state index contributed by atoms with van der Waals surface area (Å²) in [7, 11) is -3.12. The van der Waals surface area contributed by atoms with Crippen LogP contribution in [0.3, 0.4) is 0 Å². The molecule has 0 amide bonds. The third kappa shape index (κ3) is 6.09. The Hall–Kier alpha value is -2.29. The molecular weight excluding hydrogens is 397 g/mol. The Balaban J connectivity index is 1.65. The molecule has 1 fully saturated rings. The lowest BCUT2D eigenvalue weighted by Crippen LogP contribution is -2.42. The highest BCUT2D eigenvalue weighted by Crippen LogP contribution is 2.21. The molecule has 156 valence electrons. The fourth-order valence-corrected chi connectivity index (χ4v) is 5.17. The van der Waals surface area contributed by atoms with Gasteiger partial charge >= 0.3 is 0 Å². The van der Waals surface area contributed by atoms with E-state index in [2.05, 4.69) is 0 Å². The van der Waals surface area contributed by atoms with E-state index in [1.54, 1.807) is 42.5 Å². The zero-order valence-corrected chi connectivity index (χ0v) is 16.7. The average Bonchev–Trinajstić information content (AvgIpc) is 3.07. The van der Waals surface area contributed by atoms with Crippen molar-refractivity contribution >= 4 is 16.1 Å². The van der Waals surface area contributed by atoms with E-state index in [0.717, 1.165) is 6.29 Å². The molecule has 1 saturated heterocycles. The molecule has 0 aliphatic carbocycles.